The molecule has 7 heteroatoms. The van der Waals surface area contributed by atoms with E-state index in [-0.39, 0.29) is 23.8 Å². The Bertz CT molecular complexity index is 1090. The first-order chi connectivity index (χ1) is 15.0. The van der Waals surface area contributed by atoms with Crippen LogP contribution in [0.2, 0.25) is 0 Å². The third-order valence-electron chi connectivity index (χ3n) is 4.38. The molecule has 0 aliphatic heterocycles. The van der Waals surface area contributed by atoms with Crippen LogP contribution in [0.4, 0.5) is 14.5 Å². The Balaban J connectivity index is 1.41. The summed E-state index contributed by atoms with van der Waals surface area (Å²) in [6.07, 6.45) is 7.25. The molecule has 1 heterocycles. The Labute approximate surface area is 178 Å². The Kier molecular flexibility index (Phi) is 7.59. The van der Waals surface area contributed by atoms with Gasteiger partial charge in [0.25, 0.3) is 5.91 Å². The summed E-state index contributed by atoms with van der Waals surface area (Å²) in [5.41, 5.74) is 1.69. The molecule has 5 nitrogen and oxygen atoms in total. The van der Waals surface area contributed by atoms with Gasteiger partial charge in [-0.1, -0.05) is 24.3 Å². The number of carbonyl (C=O) groups is 2. The number of nitrogens with zero attached hydrogens (tertiary/aromatic N) is 1. The molecular weight excluding hydrogens is 400 g/mol. The molecule has 2 amide bonds. The van der Waals surface area contributed by atoms with Crippen LogP contribution in [0.15, 0.2) is 79.1 Å². The van der Waals surface area contributed by atoms with E-state index in [1.807, 2.05) is 0 Å². The summed E-state index contributed by atoms with van der Waals surface area (Å²) in [6.45, 7) is 0.356. The summed E-state index contributed by atoms with van der Waals surface area (Å²) in [5.74, 6) is -1.56. The van der Waals surface area contributed by atoms with Gasteiger partial charge in [0.05, 0.1) is 0 Å². The van der Waals surface area contributed by atoms with Gasteiger partial charge >= 0.3 is 0 Å². The lowest BCUT2D eigenvalue weighted by Crippen LogP contribution is -2.24. The summed E-state index contributed by atoms with van der Waals surface area (Å²) in [4.78, 5) is 27.9. The van der Waals surface area contributed by atoms with Crippen LogP contribution in [-0.2, 0) is 4.79 Å². The maximum absolute atomic E-state index is 14.3. The van der Waals surface area contributed by atoms with Crippen molar-refractivity contribution in [2.24, 2.45) is 0 Å². The molecule has 0 unspecified atom stereocenters. The SMILES string of the molecule is O=C(C/C=C/CCNC(=O)c1cccc(F)c1)Nc1ccc(-c2cccnc2)c(F)c1. The number of hydrogen-bond acceptors (Lipinski definition) is 3. The molecule has 0 fully saturated rings. The number of rotatable bonds is 8. The van der Waals surface area contributed by atoms with Gasteiger partial charge in [0, 0.05) is 47.7 Å². The zero-order chi connectivity index (χ0) is 22.1. The van der Waals surface area contributed by atoms with E-state index < -0.39 is 11.6 Å². The lowest BCUT2D eigenvalue weighted by atomic mass is 10.1. The number of amides is 2. The lowest BCUT2D eigenvalue weighted by Gasteiger charge is -2.07. The second-order valence-electron chi connectivity index (χ2n) is 6.71. The first-order valence-corrected chi connectivity index (χ1v) is 9.71. The van der Waals surface area contributed by atoms with E-state index in [4.69, 9.17) is 0 Å². The van der Waals surface area contributed by atoms with Gasteiger partial charge in [0.15, 0.2) is 0 Å². The second-order valence-corrected chi connectivity index (χ2v) is 6.71. The third-order valence-corrected chi connectivity index (χ3v) is 4.38. The maximum atomic E-state index is 14.3. The number of nitrogens with one attached hydrogen (secondary N) is 2. The van der Waals surface area contributed by atoms with Gasteiger partial charge in [0.1, 0.15) is 11.6 Å². The first kappa shape index (κ1) is 21.8. The predicted molar refractivity (Wildman–Crippen MR) is 115 cm³/mol. The summed E-state index contributed by atoms with van der Waals surface area (Å²) < 4.78 is 27.5. The van der Waals surface area contributed by atoms with Gasteiger partial charge in [-0.2, -0.15) is 0 Å². The minimum atomic E-state index is -0.467. The van der Waals surface area contributed by atoms with E-state index in [9.17, 15) is 18.4 Å². The Morgan fingerprint density at radius 3 is 2.61 bits per heavy atom. The van der Waals surface area contributed by atoms with Crippen molar-refractivity contribution in [1.82, 2.24) is 10.3 Å². The molecule has 158 valence electrons. The van der Waals surface area contributed by atoms with Crippen molar-refractivity contribution in [3.05, 3.63) is 96.3 Å². The average Bonchev–Trinajstić information content (AvgIpc) is 2.76. The smallest absolute Gasteiger partial charge is 0.251 e. The van der Waals surface area contributed by atoms with Gasteiger partial charge in [-0.05, 0) is 48.9 Å². The van der Waals surface area contributed by atoms with Gasteiger partial charge in [-0.3, -0.25) is 14.6 Å². The van der Waals surface area contributed by atoms with Gasteiger partial charge < -0.3 is 10.6 Å². The number of pyridine rings is 1. The molecule has 0 spiro atoms. The molecule has 0 saturated heterocycles. The van der Waals surface area contributed by atoms with Crippen LogP contribution in [0.1, 0.15) is 23.2 Å². The van der Waals surface area contributed by atoms with E-state index in [1.165, 1.54) is 30.3 Å². The van der Waals surface area contributed by atoms with Crippen LogP contribution in [0.3, 0.4) is 0 Å². The molecule has 2 N–H and O–H groups in total. The van der Waals surface area contributed by atoms with Crippen LogP contribution in [0.5, 0.6) is 0 Å². The highest BCUT2D eigenvalue weighted by atomic mass is 19.1. The molecule has 1 aromatic heterocycles. The third kappa shape index (κ3) is 6.57. The fraction of sp³-hybridized carbons (Fsp3) is 0.125. The van der Waals surface area contributed by atoms with Crippen molar-refractivity contribution in [3.63, 3.8) is 0 Å². The molecule has 0 aliphatic carbocycles. The molecule has 0 radical (unpaired) electrons. The van der Waals surface area contributed by atoms with Crippen molar-refractivity contribution >= 4 is 17.5 Å². The fourth-order valence-corrected chi connectivity index (χ4v) is 2.87. The zero-order valence-corrected chi connectivity index (χ0v) is 16.6. The highest BCUT2D eigenvalue weighted by Gasteiger charge is 2.08. The summed E-state index contributed by atoms with van der Waals surface area (Å²) in [7, 11) is 0. The second kappa shape index (κ2) is 10.8. The van der Waals surface area contributed by atoms with Gasteiger partial charge in [-0.15, -0.1) is 0 Å². The normalized spacial score (nSPS) is 10.8. The molecule has 2 aromatic carbocycles. The summed E-state index contributed by atoms with van der Waals surface area (Å²) in [5, 5.41) is 5.32. The average molecular weight is 421 g/mol. The Morgan fingerprint density at radius 1 is 1.00 bits per heavy atom. The van der Waals surface area contributed by atoms with Crippen LogP contribution >= 0.6 is 0 Å². The highest BCUT2D eigenvalue weighted by molar-refractivity contribution is 5.94. The van der Waals surface area contributed by atoms with Crippen molar-refractivity contribution in [3.8, 4) is 11.1 Å². The van der Waals surface area contributed by atoms with E-state index in [0.717, 1.165) is 0 Å². The highest BCUT2D eigenvalue weighted by Crippen LogP contribution is 2.24. The van der Waals surface area contributed by atoms with E-state index >= 15 is 0 Å². The number of aromatic nitrogens is 1. The fourth-order valence-electron chi connectivity index (χ4n) is 2.87. The molecule has 0 bridgehead atoms. The molecule has 0 saturated carbocycles. The summed E-state index contributed by atoms with van der Waals surface area (Å²) in [6, 6.07) is 13.4. The molecular formula is C24H21F2N3O2. The standard InChI is InChI=1S/C24H21F2N3O2/c25-19-8-4-6-17(14-19)24(31)28-13-3-1-2-9-23(30)29-20-10-11-21(22(26)15-20)18-7-5-12-27-16-18/h1-2,4-8,10-12,14-16H,3,9,13H2,(H,28,31)(H,29,30)/b2-1+. The minimum Gasteiger partial charge on any atom is -0.352 e. The topological polar surface area (TPSA) is 71.1 Å². The van der Waals surface area contributed by atoms with Gasteiger partial charge in [-0.25, -0.2) is 8.78 Å². The molecule has 3 rings (SSSR count). The Morgan fingerprint density at radius 2 is 1.87 bits per heavy atom. The predicted octanol–water partition coefficient (Wildman–Crippen LogP) is 4.73. The quantitative estimate of drug-likeness (QED) is 0.408. The molecule has 0 atom stereocenters. The molecule has 0 aliphatic rings. The number of carbonyl (C=O) groups excluding carboxylic acids is 2. The summed E-state index contributed by atoms with van der Waals surface area (Å²) >= 11 is 0. The van der Waals surface area contributed by atoms with Crippen molar-refractivity contribution in [2.75, 3.05) is 11.9 Å². The lowest BCUT2D eigenvalue weighted by molar-refractivity contribution is -0.115. The largest absolute Gasteiger partial charge is 0.352 e. The maximum Gasteiger partial charge on any atom is 0.251 e. The molecule has 3 aromatic rings. The number of hydrogen-bond donors (Lipinski definition) is 2. The Hall–Kier alpha value is -3.87. The van der Waals surface area contributed by atoms with E-state index in [1.54, 1.807) is 48.8 Å². The van der Waals surface area contributed by atoms with Gasteiger partial charge in [0.2, 0.25) is 5.91 Å². The number of benzene rings is 2. The van der Waals surface area contributed by atoms with Crippen LogP contribution in [-0.4, -0.2) is 23.3 Å². The van der Waals surface area contributed by atoms with Crippen molar-refractivity contribution in [2.45, 2.75) is 12.8 Å². The van der Waals surface area contributed by atoms with E-state index in [0.29, 0.717) is 29.8 Å². The van der Waals surface area contributed by atoms with Crippen molar-refractivity contribution < 1.29 is 18.4 Å². The van der Waals surface area contributed by atoms with E-state index in [2.05, 4.69) is 15.6 Å². The van der Waals surface area contributed by atoms with Crippen LogP contribution in [0.25, 0.3) is 11.1 Å². The van der Waals surface area contributed by atoms with Crippen LogP contribution in [0, 0.1) is 11.6 Å². The van der Waals surface area contributed by atoms with Crippen LogP contribution < -0.4 is 10.6 Å². The van der Waals surface area contributed by atoms with Crippen molar-refractivity contribution in [1.29, 1.82) is 0 Å². The first-order valence-electron chi connectivity index (χ1n) is 9.71. The number of anilines is 1. The number of halogens is 2. The zero-order valence-electron chi connectivity index (χ0n) is 16.6. The molecule has 31 heavy (non-hydrogen) atoms. The monoisotopic (exact) mass is 421 g/mol. The minimum absolute atomic E-state index is 0.115.